The van der Waals surface area contributed by atoms with E-state index in [4.69, 9.17) is 16.3 Å². The molecule has 0 heterocycles. The second kappa shape index (κ2) is 6.07. The van der Waals surface area contributed by atoms with Gasteiger partial charge in [-0.1, -0.05) is 42.0 Å². The smallest absolute Gasteiger partial charge is 0.118 e. The van der Waals surface area contributed by atoms with Crippen molar-refractivity contribution < 1.29 is 4.74 Å². The zero-order valence-corrected chi connectivity index (χ0v) is 12.2. The van der Waals surface area contributed by atoms with E-state index < -0.39 is 0 Å². The van der Waals surface area contributed by atoms with E-state index in [0.717, 1.165) is 21.3 Å². The average molecular weight is 324 g/mol. The van der Waals surface area contributed by atoms with E-state index in [2.05, 4.69) is 15.9 Å². The molecule has 0 saturated carbocycles. The van der Waals surface area contributed by atoms with Crippen LogP contribution in [0, 0.1) is 0 Å². The first kappa shape index (κ1) is 13.2. The molecule has 3 heteroatoms. The quantitative estimate of drug-likeness (QED) is 0.698. The Hall–Kier alpha value is -1.25. The number of hydrogen-bond acceptors (Lipinski definition) is 1. The Balaban J connectivity index is 2.16. The molecule has 0 atom stereocenters. The first-order valence-electron chi connectivity index (χ1n) is 5.46. The van der Waals surface area contributed by atoms with Gasteiger partial charge < -0.3 is 4.74 Å². The summed E-state index contributed by atoms with van der Waals surface area (Å²) in [4.78, 5) is 0. The molecule has 0 aromatic heterocycles. The molecule has 0 aliphatic heterocycles. The lowest BCUT2D eigenvalue weighted by atomic mass is 10.1. The molecule has 0 amide bonds. The van der Waals surface area contributed by atoms with Crippen LogP contribution in [0.3, 0.4) is 0 Å². The minimum atomic E-state index is 0.715. The molecular formula is C15H12BrClO. The molecule has 0 fully saturated rings. The molecule has 0 spiro atoms. The summed E-state index contributed by atoms with van der Waals surface area (Å²) in [5.41, 5.74) is 2.19. The number of ether oxygens (including phenoxy) is 1. The molecule has 0 aliphatic rings. The Morgan fingerprint density at radius 1 is 1.00 bits per heavy atom. The first-order chi connectivity index (χ1) is 8.69. The van der Waals surface area contributed by atoms with Crippen LogP contribution in [-0.2, 0) is 0 Å². The number of methoxy groups -OCH3 is 1. The summed E-state index contributed by atoms with van der Waals surface area (Å²) in [6.45, 7) is 0. The summed E-state index contributed by atoms with van der Waals surface area (Å²) in [5, 5.41) is 0.715. The highest BCUT2D eigenvalue weighted by molar-refractivity contribution is 9.10. The molecule has 2 rings (SSSR count). The van der Waals surface area contributed by atoms with Crippen LogP contribution in [0.5, 0.6) is 5.75 Å². The van der Waals surface area contributed by atoms with Crippen molar-refractivity contribution in [3.8, 4) is 5.75 Å². The SMILES string of the molecule is COc1ccc(C=Cc2ccc(Br)c(Cl)c2)cc1. The van der Waals surface area contributed by atoms with Crippen LogP contribution < -0.4 is 4.74 Å². The van der Waals surface area contributed by atoms with E-state index in [1.807, 2.05) is 54.6 Å². The molecule has 2 aromatic rings. The van der Waals surface area contributed by atoms with Crippen LogP contribution in [-0.4, -0.2) is 7.11 Å². The predicted molar refractivity (Wildman–Crippen MR) is 81.1 cm³/mol. The summed E-state index contributed by atoms with van der Waals surface area (Å²) in [5.74, 6) is 0.860. The minimum Gasteiger partial charge on any atom is -0.497 e. The van der Waals surface area contributed by atoms with Gasteiger partial charge in [0, 0.05) is 4.47 Å². The van der Waals surface area contributed by atoms with Crippen molar-refractivity contribution in [1.29, 1.82) is 0 Å². The number of rotatable bonds is 3. The molecule has 0 unspecified atom stereocenters. The monoisotopic (exact) mass is 322 g/mol. The summed E-state index contributed by atoms with van der Waals surface area (Å²) in [6.07, 6.45) is 4.07. The minimum absolute atomic E-state index is 0.715. The molecule has 0 radical (unpaired) electrons. The van der Waals surface area contributed by atoms with Gasteiger partial charge in [0.15, 0.2) is 0 Å². The van der Waals surface area contributed by atoms with Gasteiger partial charge in [0.25, 0.3) is 0 Å². The van der Waals surface area contributed by atoms with Crippen molar-refractivity contribution in [1.82, 2.24) is 0 Å². The van der Waals surface area contributed by atoms with Gasteiger partial charge >= 0.3 is 0 Å². The lowest BCUT2D eigenvalue weighted by Crippen LogP contribution is -1.81. The van der Waals surface area contributed by atoms with Gasteiger partial charge in [-0.15, -0.1) is 0 Å². The lowest BCUT2D eigenvalue weighted by Gasteiger charge is -2.00. The molecule has 0 aliphatic carbocycles. The molecule has 18 heavy (non-hydrogen) atoms. The van der Waals surface area contributed by atoms with Crippen LogP contribution in [0.1, 0.15) is 11.1 Å². The van der Waals surface area contributed by atoms with Crippen LogP contribution in [0.15, 0.2) is 46.9 Å². The molecule has 2 aromatic carbocycles. The third-order valence-corrected chi connectivity index (χ3v) is 3.76. The van der Waals surface area contributed by atoms with Crippen molar-refractivity contribution in [2.45, 2.75) is 0 Å². The zero-order valence-electron chi connectivity index (χ0n) is 9.86. The van der Waals surface area contributed by atoms with Crippen LogP contribution in [0.25, 0.3) is 12.2 Å². The Morgan fingerprint density at radius 2 is 1.61 bits per heavy atom. The lowest BCUT2D eigenvalue weighted by molar-refractivity contribution is 0.415. The number of halogens is 2. The summed E-state index contributed by atoms with van der Waals surface area (Å²) in [7, 11) is 1.66. The summed E-state index contributed by atoms with van der Waals surface area (Å²) in [6, 6.07) is 13.8. The predicted octanol–water partition coefficient (Wildman–Crippen LogP) is 5.28. The standard InChI is InChI=1S/C15H12BrClO/c1-18-13-7-4-11(5-8-13)2-3-12-6-9-14(16)15(17)10-12/h2-10H,1H3. The topological polar surface area (TPSA) is 9.23 Å². The fourth-order valence-electron chi connectivity index (χ4n) is 1.52. The molecule has 0 N–H and O–H groups in total. The van der Waals surface area contributed by atoms with Gasteiger partial charge in [0.1, 0.15) is 5.75 Å². The maximum absolute atomic E-state index is 6.04. The van der Waals surface area contributed by atoms with Crippen molar-refractivity contribution >= 4 is 39.7 Å². The Bertz CT molecular complexity index is 561. The maximum atomic E-state index is 6.04. The highest BCUT2D eigenvalue weighted by Gasteiger charge is 1.96. The number of hydrogen-bond donors (Lipinski definition) is 0. The molecule has 1 nitrogen and oxygen atoms in total. The van der Waals surface area contributed by atoms with Gasteiger partial charge in [0.2, 0.25) is 0 Å². The van der Waals surface area contributed by atoms with E-state index in [1.165, 1.54) is 0 Å². The van der Waals surface area contributed by atoms with Crippen LogP contribution >= 0.6 is 27.5 Å². The van der Waals surface area contributed by atoms with Crippen molar-refractivity contribution in [3.05, 3.63) is 63.1 Å². The molecule has 0 saturated heterocycles. The zero-order chi connectivity index (χ0) is 13.0. The fourth-order valence-corrected chi connectivity index (χ4v) is 1.96. The second-order valence-corrected chi connectivity index (χ2v) is 5.04. The van der Waals surface area contributed by atoms with Gasteiger partial charge in [0.05, 0.1) is 12.1 Å². The highest BCUT2D eigenvalue weighted by Crippen LogP contribution is 2.24. The van der Waals surface area contributed by atoms with Gasteiger partial charge in [-0.2, -0.15) is 0 Å². The van der Waals surface area contributed by atoms with Crippen molar-refractivity contribution in [3.63, 3.8) is 0 Å². The van der Waals surface area contributed by atoms with E-state index in [0.29, 0.717) is 5.02 Å². The molecule has 92 valence electrons. The maximum Gasteiger partial charge on any atom is 0.118 e. The van der Waals surface area contributed by atoms with Gasteiger partial charge in [-0.25, -0.2) is 0 Å². The van der Waals surface area contributed by atoms with Gasteiger partial charge in [-0.05, 0) is 51.3 Å². The van der Waals surface area contributed by atoms with Crippen molar-refractivity contribution in [2.24, 2.45) is 0 Å². The largest absolute Gasteiger partial charge is 0.497 e. The average Bonchev–Trinajstić information content (AvgIpc) is 2.41. The Morgan fingerprint density at radius 3 is 2.22 bits per heavy atom. The summed E-state index contributed by atoms with van der Waals surface area (Å²) >= 11 is 9.41. The second-order valence-electron chi connectivity index (χ2n) is 3.78. The summed E-state index contributed by atoms with van der Waals surface area (Å²) < 4.78 is 6.02. The molecular weight excluding hydrogens is 312 g/mol. The first-order valence-corrected chi connectivity index (χ1v) is 6.63. The van der Waals surface area contributed by atoms with E-state index in [9.17, 15) is 0 Å². The van der Waals surface area contributed by atoms with Crippen LogP contribution in [0.4, 0.5) is 0 Å². The van der Waals surface area contributed by atoms with Gasteiger partial charge in [-0.3, -0.25) is 0 Å². The Labute approximate surface area is 120 Å². The third-order valence-electron chi connectivity index (χ3n) is 2.53. The van der Waals surface area contributed by atoms with E-state index >= 15 is 0 Å². The Kier molecular flexibility index (Phi) is 4.45. The highest BCUT2D eigenvalue weighted by atomic mass is 79.9. The normalized spacial score (nSPS) is 10.8. The van der Waals surface area contributed by atoms with E-state index in [1.54, 1.807) is 7.11 Å². The van der Waals surface area contributed by atoms with Crippen molar-refractivity contribution in [2.75, 3.05) is 7.11 Å². The molecule has 0 bridgehead atoms. The number of benzene rings is 2. The fraction of sp³-hybridized carbons (Fsp3) is 0.0667. The third kappa shape index (κ3) is 3.37. The van der Waals surface area contributed by atoms with E-state index in [-0.39, 0.29) is 0 Å². The van der Waals surface area contributed by atoms with Crippen LogP contribution in [0.2, 0.25) is 5.02 Å².